The first-order valence-electron chi connectivity index (χ1n) is 3.48. The molecule has 1 aliphatic heterocycles. The van der Waals surface area contributed by atoms with E-state index in [9.17, 15) is 0 Å². The van der Waals surface area contributed by atoms with Gasteiger partial charge >= 0.3 is 0 Å². The maximum Gasteiger partial charge on any atom is 0.0597 e. The Hall–Kier alpha value is 0.460. The molecule has 0 radical (unpaired) electrons. The van der Waals surface area contributed by atoms with E-state index in [1.54, 1.807) is 0 Å². The first-order valence-corrected chi connectivity index (χ1v) is 3.48. The fourth-order valence-electron chi connectivity index (χ4n) is 0.997. The van der Waals surface area contributed by atoms with Crippen molar-refractivity contribution >= 4 is 24.8 Å². The molecule has 3 N–H and O–H groups in total. The van der Waals surface area contributed by atoms with Crippen molar-refractivity contribution in [3.8, 4) is 0 Å². The minimum atomic E-state index is 0. The summed E-state index contributed by atoms with van der Waals surface area (Å²) >= 11 is 0. The van der Waals surface area contributed by atoms with E-state index in [4.69, 9.17) is 5.11 Å². The number of halogens is 2. The largest absolute Gasteiger partial charge is 0.395 e. The van der Waals surface area contributed by atoms with E-state index >= 15 is 0 Å². The summed E-state index contributed by atoms with van der Waals surface area (Å²) in [5, 5.41) is 15.2. The summed E-state index contributed by atoms with van der Waals surface area (Å²) in [5.41, 5.74) is 0. The normalized spacial score (nSPS) is 24.3. The molecule has 1 rings (SSSR count). The average Bonchev–Trinajstić information content (AvgIpc) is 2.13. The van der Waals surface area contributed by atoms with Crippen molar-refractivity contribution in [1.29, 1.82) is 0 Å². The second-order valence-electron chi connectivity index (χ2n) is 2.39. The molecular formula is C6H16Cl2N2O. The fourth-order valence-corrected chi connectivity index (χ4v) is 0.997. The van der Waals surface area contributed by atoms with Crippen LogP contribution in [0.1, 0.15) is 6.42 Å². The van der Waals surface area contributed by atoms with Crippen LogP contribution in [0.25, 0.3) is 0 Å². The van der Waals surface area contributed by atoms with Gasteiger partial charge in [-0.05, 0) is 19.5 Å². The molecule has 1 fully saturated rings. The van der Waals surface area contributed by atoms with Crippen LogP contribution in [0.4, 0.5) is 0 Å². The molecule has 0 bridgehead atoms. The first kappa shape index (κ1) is 14.0. The Kier molecular flexibility index (Phi) is 10.9. The fraction of sp³-hybridized carbons (Fsp3) is 1.00. The lowest BCUT2D eigenvalue weighted by Gasteiger charge is -2.10. The van der Waals surface area contributed by atoms with Crippen LogP contribution in [-0.2, 0) is 0 Å². The molecule has 0 aromatic carbocycles. The highest BCUT2D eigenvalue weighted by atomic mass is 35.5. The molecule has 11 heavy (non-hydrogen) atoms. The summed E-state index contributed by atoms with van der Waals surface area (Å²) < 4.78 is 0. The maximum absolute atomic E-state index is 8.71. The SMILES string of the molecule is Cl.Cl.OCC1CNCCCN1. The summed E-state index contributed by atoms with van der Waals surface area (Å²) in [6.45, 7) is 3.24. The highest BCUT2D eigenvalue weighted by molar-refractivity contribution is 5.85. The third-order valence-electron chi connectivity index (χ3n) is 1.57. The van der Waals surface area contributed by atoms with Crippen LogP contribution in [0.2, 0.25) is 0 Å². The zero-order valence-corrected chi connectivity index (χ0v) is 8.01. The molecule has 0 saturated carbocycles. The van der Waals surface area contributed by atoms with Gasteiger partial charge in [-0.2, -0.15) is 0 Å². The molecule has 1 atom stereocenters. The standard InChI is InChI=1S/C6H14N2O.2ClH/c9-5-6-4-7-2-1-3-8-6;;/h6-9H,1-5H2;2*1H. The second kappa shape index (κ2) is 8.56. The summed E-state index contributed by atoms with van der Waals surface area (Å²) in [7, 11) is 0. The topological polar surface area (TPSA) is 44.3 Å². The molecule has 3 nitrogen and oxygen atoms in total. The molecule has 0 aromatic rings. The zero-order valence-electron chi connectivity index (χ0n) is 6.38. The molecule has 5 heteroatoms. The van der Waals surface area contributed by atoms with Gasteiger partial charge in [0, 0.05) is 12.6 Å². The zero-order chi connectivity index (χ0) is 6.53. The van der Waals surface area contributed by atoms with Crippen molar-refractivity contribution in [3.63, 3.8) is 0 Å². The third kappa shape index (κ3) is 5.70. The Labute approximate surface area is 79.8 Å². The van der Waals surface area contributed by atoms with Crippen LogP contribution in [0.15, 0.2) is 0 Å². The van der Waals surface area contributed by atoms with Crippen LogP contribution in [0, 0.1) is 0 Å². The summed E-state index contributed by atoms with van der Waals surface area (Å²) in [5.74, 6) is 0. The van der Waals surface area contributed by atoms with Crippen molar-refractivity contribution in [3.05, 3.63) is 0 Å². The van der Waals surface area contributed by atoms with Gasteiger partial charge in [0.2, 0.25) is 0 Å². The molecule has 0 amide bonds. The second-order valence-corrected chi connectivity index (χ2v) is 2.39. The van der Waals surface area contributed by atoms with E-state index in [2.05, 4.69) is 10.6 Å². The van der Waals surface area contributed by atoms with Gasteiger partial charge in [-0.15, -0.1) is 24.8 Å². The van der Waals surface area contributed by atoms with Crippen LogP contribution in [0.3, 0.4) is 0 Å². The number of aliphatic hydroxyl groups excluding tert-OH is 1. The van der Waals surface area contributed by atoms with Crippen molar-refractivity contribution < 1.29 is 5.11 Å². The van der Waals surface area contributed by atoms with Crippen LogP contribution >= 0.6 is 24.8 Å². The van der Waals surface area contributed by atoms with Gasteiger partial charge in [-0.1, -0.05) is 0 Å². The smallest absolute Gasteiger partial charge is 0.0597 e. The van der Waals surface area contributed by atoms with E-state index < -0.39 is 0 Å². The minimum absolute atomic E-state index is 0. The molecule has 1 heterocycles. The summed E-state index contributed by atoms with van der Waals surface area (Å²) in [6, 6.07) is 0.271. The molecule has 70 valence electrons. The van der Waals surface area contributed by atoms with E-state index in [-0.39, 0.29) is 37.5 Å². The van der Waals surface area contributed by atoms with E-state index in [1.807, 2.05) is 0 Å². The van der Waals surface area contributed by atoms with Crippen LogP contribution in [0.5, 0.6) is 0 Å². The Bertz CT molecular complexity index is 77.0. The highest BCUT2D eigenvalue weighted by Gasteiger charge is 2.07. The number of hydrogen-bond acceptors (Lipinski definition) is 3. The highest BCUT2D eigenvalue weighted by Crippen LogP contribution is 1.86. The minimum Gasteiger partial charge on any atom is -0.395 e. The Morgan fingerprint density at radius 3 is 2.64 bits per heavy atom. The monoisotopic (exact) mass is 202 g/mol. The van der Waals surface area contributed by atoms with E-state index in [0.717, 1.165) is 26.1 Å². The average molecular weight is 203 g/mol. The number of hydrogen-bond donors (Lipinski definition) is 3. The number of nitrogens with one attached hydrogen (secondary N) is 2. The Morgan fingerprint density at radius 1 is 1.27 bits per heavy atom. The summed E-state index contributed by atoms with van der Waals surface area (Å²) in [4.78, 5) is 0. The van der Waals surface area contributed by atoms with E-state index in [1.165, 1.54) is 0 Å². The maximum atomic E-state index is 8.71. The van der Waals surface area contributed by atoms with Crippen molar-refractivity contribution in [2.75, 3.05) is 26.2 Å². The van der Waals surface area contributed by atoms with Crippen LogP contribution < -0.4 is 10.6 Å². The van der Waals surface area contributed by atoms with Gasteiger partial charge in [0.1, 0.15) is 0 Å². The third-order valence-corrected chi connectivity index (χ3v) is 1.57. The molecule has 0 spiro atoms. The number of rotatable bonds is 1. The molecular weight excluding hydrogens is 187 g/mol. The Balaban J connectivity index is 0. The Morgan fingerprint density at radius 2 is 2.00 bits per heavy atom. The van der Waals surface area contributed by atoms with Crippen molar-refractivity contribution in [1.82, 2.24) is 10.6 Å². The van der Waals surface area contributed by atoms with Crippen LogP contribution in [-0.4, -0.2) is 37.4 Å². The lowest BCUT2D eigenvalue weighted by atomic mass is 10.3. The van der Waals surface area contributed by atoms with Crippen molar-refractivity contribution in [2.24, 2.45) is 0 Å². The van der Waals surface area contributed by atoms with Crippen molar-refractivity contribution in [2.45, 2.75) is 12.5 Å². The predicted molar refractivity (Wildman–Crippen MR) is 50.9 cm³/mol. The first-order chi connectivity index (χ1) is 4.43. The quantitative estimate of drug-likeness (QED) is 0.551. The molecule has 0 aromatic heterocycles. The molecule has 1 saturated heterocycles. The predicted octanol–water partition coefficient (Wildman–Crippen LogP) is -0.226. The molecule has 1 aliphatic rings. The summed E-state index contributed by atoms with van der Waals surface area (Å²) in [6.07, 6.45) is 1.16. The van der Waals surface area contributed by atoms with Gasteiger partial charge in [0.25, 0.3) is 0 Å². The molecule has 1 unspecified atom stereocenters. The van der Waals surface area contributed by atoms with Gasteiger partial charge in [0.15, 0.2) is 0 Å². The van der Waals surface area contributed by atoms with Gasteiger partial charge in [-0.3, -0.25) is 0 Å². The lowest BCUT2D eigenvalue weighted by molar-refractivity contribution is 0.245. The molecule has 0 aliphatic carbocycles. The van der Waals surface area contributed by atoms with Gasteiger partial charge in [0.05, 0.1) is 6.61 Å². The lowest BCUT2D eigenvalue weighted by Crippen LogP contribution is -2.38. The number of aliphatic hydroxyl groups is 1. The van der Waals surface area contributed by atoms with Gasteiger partial charge < -0.3 is 15.7 Å². The van der Waals surface area contributed by atoms with Gasteiger partial charge in [-0.25, -0.2) is 0 Å². The van der Waals surface area contributed by atoms with E-state index in [0.29, 0.717) is 0 Å².